The van der Waals surface area contributed by atoms with Gasteiger partial charge in [-0.25, -0.2) is 4.98 Å². The predicted octanol–water partition coefficient (Wildman–Crippen LogP) is 8.67. The Balaban J connectivity index is 0.958. The zero-order valence-electron chi connectivity index (χ0n) is 31.6. The predicted molar refractivity (Wildman–Crippen MR) is 222 cm³/mol. The zero-order chi connectivity index (χ0) is 38.6. The van der Waals surface area contributed by atoms with Crippen LogP contribution in [0.15, 0.2) is 140 Å². The molecule has 0 fully saturated rings. The summed E-state index contributed by atoms with van der Waals surface area (Å²) >= 11 is 0. The van der Waals surface area contributed by atoms with Crippen LogP contribution in [0.5, 0.6) is 0 Å². The minimum absolute atomic E-state index is 0.303. The monoisotopic (exact) mass is 738 g/mol. The van der Waals surface area contributed by atoms with Gasteiger partial charge in [0, 0.05) is 67.4 Å². The summed E-state index contributed by atoms with van der Waals surface area (Å²) in [5, 5.41) is 12.4. The zero-order valence-corrected chi connectivity index (χ0v) is 31.6. The van der Waals surface area contributed by atoms with E-state index in [1.165, 1.54) is 11.1 Å². The molecule has 3 aromatic heterocycles. The number of benzene rings is 5. The highest BCUT2D eigenvalue weighted by molar-refractivity contribution is 6.13. The molecule has 0 atom stereocenters. The molecular formula is C46H42N8O2. The standard InChI is InChI=1S/C46H42N8O2/c1-31-21-41(43(22-32(31)2)51-45(55)38-25-36-8-4-5-10-42(36)48-26-38)46(56)50-39-14-11-33(12-15-39)17-19-53(29-35-13-16-44-37(23-35)27-49-52(44)3)28-34-7-6-9-40(24-34)54-20-18-47-30-54/h4-16,18,20-27,30H,17,19,28-29H2,1-3H3,(H,50,56)(H,51,55). The number of aryl methyl sites for hydroxylation is 3. The maximum Gasteiger partial charge on any atom is 0.257 e. The van der Waals surface area contributed by atoms with E-state index in [-0.39, 0.29) is 11.8 Å². The van der Waals surface area contributed by atoms with Crippen molar-refractivity contribution in [2.24, 2.45) is 7.05 Å². The number of fused-ring (bicyclic) bond motifs is 2. The Hall–Kier alpha value is -6.91. The molecule has 8 rings (SSSR count). The summed E-state index contributed by atoms with van der Waals surface area (Å²) in [5.74, 6) is -0.634. The summed E-state index contributed by atoms with van der Waals surface area (Å²) < 4.78 is 3.92. The number of amides is 2. The molecule has 0 aliphatic rings. The van der Waals surface area contributed by atoms with Crippen LogP contribution < -0.4 is 10.6 Å². The number of para-hydroxylation sites is 1. The van der Waals surface area contributed by atoms with Crippen LogP contribution >= 0.6 is 0 Å². The molecule has 8 aromatic rings. The van der Waals surface area contributed by atoms with Crippen LogP contribution in [-0.2, 0) is 26.6 Å². The molecule has 0 saturated carbocycles. The fourth-order valence-corrected chi connectivity index (χ4v) is 7.01. The smallest absolute Gasteiger partial charge is 0.257 e. The van der Waals surface area contributed by atoms with Crippen molar-refractivity contribution in [2.75, 3.05) is 17.2 Å². The lowest BCUT2D eigenvalue weighted by molar-refractivity contribution is 0.102. The lowest BCUT2D eigenvalue weighted by Crippen LogP contribution is -2.25. The molecule has 0 bridgehead atoms. The van der Waals surface area contributed by atoms with E-state index in [1.54, 1.807) is 18.5 Å². The molecule has 0 radical (unpaired) electrons. The van der Waals surface area contributed by atoms with Crippen molar-refractivity contribution in [3.05, 3.63) is 179 Å². The fraction of sp³-hybridized carbons (Fsp3) is 0.152. The van der Waals surface area contributed by atoms with Gasteiger partial charge in [0.05, 0.1) is 40.4 Å². The fourth-order valence-electron chi connectivity index (χ4n) is 7.01. The minimum Gasteiger partial charge on any atom is -0.322 e. The van der Waals surface area contributed by atoms with Crippen molar-refractivity contribution in [3.63, 3.8) is 0 Å². The van der Waals surface area contributed by atoms with Crippen molar-refractivity contribution < 1.29 is 9.59 Å². The summed E-state index contributed by atoms with van der Waals surface area (Å²) in [6, 6.07) is 36.2. The Morgan fingerprint density at radius 3 is 2.34 bits per heavy atom. The number of anilines is 2. The van der Waals surface area contributed by atoms with E-state index >= 15 is 0 Å². The van der Waals surface area contributed by atoms with E-state index in [4.69, 9.17) is 0 Å². The second kappa shape index (κ2) is 15.8. The highest BCUT2D eigenvalue weighted by Crippen LogP contribution is 2.25. The molecule has 0 saturated heterocycles. The number of carbonyl (C=O) groups is 2. The number of nitrogens with one attached hydrogen (secondary N) is 2. The number of aromatic nitrogens is 5. The number of imidazole rings is 1. The van der Waals surface area contributed by atoms with E-state index in [1.807, 2.05) is 97.4 Å². The SMILES string of the molecule is Cc1cc(NC(=O)c2cnc3ccccc3c2)c(C(=O)Nc2ccc(CCN(Cc3cccc(-n4ccnc4)c3)Cc3ccc4c(cnn4C)c3)cc2)cc1C. The first-order valence-corrected chi connectivity index (χ1v) is 18.6. The third kappa shape index (κ3) is 8.11. The van der Waals surface area contributed by atoms with Gasteiger partial charge in [0.2, 0.25) is 0 Å². The highest BCUT2D eigenvalue weighted by Gasteiger charge is 2.18. The topological polar surface area (TPSA) is 110 Å². The molecule has 5 aromatic carbocycles. The quantitative estimate of drug-likeness (QED) is 0.130. The number of hydrogen-bond acceptors (Lipinski definition) is 6. The highest BCUT2D eigenvalue weighted by atomic mass is 16.2. The maximum atomic E-state index is 13.7. The molecule has 10 nitrogen and oxygen atoms in total. The molecule has 0 unspecified atom stereocenters. The first-order chi connectivity index (χ1) is 27.3. The van der Waals surface area contributed by atoms with Gasteiger partial charge in [-0.1, -0.05) is 48.5 Å². The largest absolute Gasteiger partial charge is 0.322 e. The van der Waals surface area contributed by atoms with Gasteiger partial charge >= 0.3 is 0 Å². The van der Waals surface area contributed by atoms with Gasteiger partial charge in [-0.05, 0) is 109 Å². The third-order valence-electron chi connectivity index (χ3n) is 10.2. The van der Waals surface area contributed by atoms with Crippen LogP contribution in [0, 0.1) is 13.8 Å². The number of nitrogens with zero attached hydrogens (tertiary/aromatic N) is 6. The van der Waals surface area contributed by atoms with Crippen LogP contribution in [-0.4, -0.2) is 47.6 Å². The summed E-state index contributed by atoms with van der Waals surface area (Å²) in [5.41, 5.74) is 10.4. The summed E-state index contributed by atoms with van der Waals surface area (Å²) in [6.45, 7) is 6.29. The van der Waals surface area contributed by atoms with Gasteiger partial charge in [0.1, 0.15) is 0 Å². The van der Waals surface area contributed by atoms with E-state index in [2.05, 4.69) is 85.2 Å². The van der Waals surface area contributed by atoms with Crippen molar-refractivity contribution in [1.29, 1.82) is 0 Å². The van der Waals surface area contributed by atoms with E-state index in [9.17, 15) is 9.59 Å². The Kier molecular flexibility index (Phi) is 10.2. The van der Waals surface area contributed by atoms with E-state index in [0.717, 1.165) is 70.2 Å². The van der Waals surface area contributed by atoms with Crippen molar-refractivity contribution >= 4 is 45.0 Å². The Bertz CT molecular complexity index is 2680. The first kappa shape index (κ1) is 36.1. The normalized spacial score (nSPS) is 11.4. The van der Waals surface area contributed by atoms with Gasteiger partial charge in [-0.2, -0.15) is 5.10 Å². The van der Waals surface area contributed by atoms with Crippen molar-refractivity contribution in [1.82, 2.24) is 29.2 Å². The van der Waals surface area contributed by atoms with Gasteiger partial charge in [-0.15, -0.1) is 0 Å². The van der Waals surface area contributed by atoms with Crippen LogP contribution in [0.3, 0.4) is 0 Å². The summed E-state index contributed by atoms with van der Waals surface area (Å²) in [4.78, 5) is 38.2. The second-order valence-corrected chi connectivity index (χ2v) is 14.3. The van der Waals surface area contributed by atoms with E-state index in [0.29, 0.717) is 22.5 Å². The molecule has 2 amide bonds. The summed E-state index contributed by atoms with van der Waals surface area (Å²) in [6.07, 6.45) is 9.85. The Morgan fingerprint density at radius 1 is 0.732 bits per heavy atom. The second-order valence-electron chi connectivity index (χ2n) is 14.3. The molecule has 0 aliphatic carbocycles. The molecule has 56 heavy (non-hydrogen) atoms. The number of pyridine rings is 1. The van der Waals surface area contributed by atoms with Gasteiger partial charge in [0.25, 0.3) is 11.8 Å². The average Bonchev–Trinajstić information content (AvgIpc) is 3.89. The molecule has 2 N–H and O–H groups in total. The third-order valence-corrected chi connectivity index (χ3v) is 10.2. The van der Waals surface area contributed by atoms with Crippen LogP contribution in [0.2, 0.25) is 0 Å². The molecule has 10 heteroatoms. The first-order valence-electron chi connectivity index (χ1n) is 18.6. The van der Waals surface area contributed by atoms with E-state index < -0.39 is 0 Å². The number of hydrogen-bond donors (Lipinski definition) is 2. The van der Waals surface area contributed by atoms with Crippen LogP contribution in [0.1, 0.15) is 48.5 Å². The lowest BCUT2D eigenvalue weighted by atomic mass is 10.0. The van der Waals surface area contributed by atoms with Crippen molar-refractivity contribution in [2.45, 2.75) is 33.4 Å². The maximum absolute atomic E-state index is 13.7. The Morgan fingerprint density at radius 2 is 1.52 bits per heavy atom. The lowest BCUT2D eigenvalue weighted by Gasteiger charge is -2.23. The van der Waals surface area contributed by atoms with Gasteiger partial charge in [0.15, 0.2) is 0 Å². The molecule has 0 spiro atoms. The minimum atomic E-state index is -0.331. The molecular weight excluding hydrogens is 697 g/mol. The van der Waals surface area contributed by atoms with Gasteiger partial charge in [-0.3, -0.25) is 24.2 Å². The molecule has 0 aliphatic heterocycles. The number of rotatable bonds is 12. The van der Waals surface area contributed by atoms with Crippen LogP contribution in [0.4, 0.5) is 11.4 Å². The molecule has 3 heterocycles. The molecule has 278 valence electrons. The van der Waals surface area contributed by atoms with Crippen molar-refractivity contribution in [3.8, 4) is 5.69 Å². The number of carbonyl (C=O) groups excluding carboxylic acids is 2. The van der Waals surface area contributed by atoms with Crippen LogP contribution in [0.25, 0.3) is 27.5 Å². The average molecular weight is 739 g/mol. The Labute approximate surface area is 325 Å². The van der Waals surface area contributed by atoms with Gasteiger partial charge < -0.3 is 15.2 Å². The summed E-state index contributed by atoms with van der Waals surface area (Å²) in [7, 11) is 1.96.